The quantitative estimate of drug-likeness (QED) is 0.776. The lowest BCUT2D eigenvalue weighted by atomic mass is 10.2. The average molecular weight is 254 g/mol. The van der Waals surface area contributed by atoms with E-state index in [0.717, 1.165) is 13.0 Å². The van der Waals surface area contributed by atoms with Gasteiger partial charge in [0.05, 0.1) is 5.56 Å². The number of likely N-dealkylation sites (N-methyl/N-ethyl adjacent to an activating group) is 1. The van der Waals surface area contributed by atoms with Crippen LogP contribution in [0.5, 0.6) is 0 Å². The zero-order valence-electron chi connectivity index (χ0n) is 9.86. The molecule has 0 bridgehead atoms. The molecule has 1 aromatic rings. The van der Waals surface area contributed by atoms with E-state index in [1.807, 2.05) is 0 Å². The van der Waals surface area contributed by atoms with Gasteiger partial charge in [-0.3, -0.25) is 0 Å². The van der Waals surface area contributed by atoms with Crippen molar-refractivity contribution >= 4 is 17.6 Å². The van der Waals surface area contributed by atoms with Crippen molar-refractivity contribution < 1.29 is 9.53 Å². The van der Waals surface area contributed by atoms with Crippen LogP contribution in [0.1, 0.15) is 23.2 Å². The van der Waals surface area contributed by atoms with Gasteiger partial charge in [0, 0.05) is 11.1 Å². The number of hydrogen-bond acceptors (Lipinski definition) is 3. The highest BCUT2D eigenvalue weighted by Gasteiger charge is 2.22. The Morgan fingerprint density at radius 2 is 2.18 bits per heavy atom. The predicted octanol–water partition coefficient (Wildman–Crippen LogP) is 2.59. The molecule has 1 heterocycles. The number of nitrogens with zero attached hydrogens (tertiary/aromatic N) is 1. The molecule has 0 N–H and O–H groups in total. The number of carbonyl (C=O) groups excluding carboxylic acids is 1. The maximum atomic E-state index is 11.7. The summed E-state index contributed by atoms with van der Waals surface area (Å²) in [5.41, 5.74) is 0.551. The topological polar surface area (TPSA) is 29.5 Å². The molecule has 1 aliphatic rings. The van der Waals surface area contributed by atoms with Gasteiger partial charge >= 0.3 is 5.97 Å². The molecule has 1 aliphatic heterocycles. The number of hydrogen-bond donors (Lipinski definition) is 0. The monoisotopic (exact) mass is 253 g/mol. The first-order valence-corrected chi connectivity index (χ1v) is 6.17. The van der Waals surface area contributed by atoms with Crippen molar-refractivity contribution in [2.24, 2.45) is 0 Å². The highest BCUT2D eigenvalue weighted by Crippen LogP contribution is 2.16. The Balaban J connectivity index is 1.87. The lowest BCUT2D eigenvalue weighted by Crippen LogP contribution is -2.30. The Hall–Kier alpha value is -1.06. The summed E-state index contributed by atoms with van der Waals surface area (Å²) in [6.45, 7) is 1.56. The molecule has 0 aromatic heterocycles. The molecule has 2 rings (SSSR count). The van der Waals surface area contributed by atoms with Crippen molar-refractivity contribution in [3.8, 4) is 0 Å². The first-order valence-electron chi connectivity index (χ1n) is 5.80. The van der Waals surface area contributed by atoms with Crippen LogP contribution < -0.4 is 0 Å². The Morgan fingerprint density at radius 1 is 1.47 bits per heavy atom. The normalized spacial score (nSPS) is 20.5. The van der Waals surface area contributed by atoms with Gasteiger partial charge in [0.25, 0.3) is 0 Å². The van der Waals surface area contributed by atoms with Crippen LogP contribution in [0.15, 0.2) is 24.3 Å². The van der Waals surface area contributed by atoms with Crippen LogP contribution in [0.2, 0.25) is 5.02 Å². The summed E-state index contributed by atoms with van der Waals surface area (Å²) in [7, 11) is 2.06. The fourth-order valence-electron chi connectivity index (χ4n) is 2.03. The van der Waals surface area contributed by atoms with Crippen LogP contribution >= 0.6 is 11.6 Å². The second kappa shape index (κ2) is 5.52. The van der Waals surface area contributed by atoms with Crippen molar-refractivity contribution in [2.45, 2.75) is 18.9 Å². The van der Waals surface area contributed by atoms with Gasteiger partial charge in [-0.1, -0.05) is 11.6 Å². The van der Waals surface area contributed by atoms with Gasteiger partial charge in [0.2, 0.25) is 0 Å². The van der Waals surface area contributed by atoms with E-state index in [2.05, 4.69) is 11.9 Å². The highest BCUT2D eigenvalue weighted by molar-refractivity contribution is 6.30. The summed E-state index contributed by atoms with van der Waals surface area (Å²) >= 11 is 5.76. The molecule has 0 radical (unpaired) electrons. The fraction of sp³-hybridized carbons (Fsp3) is 0.462. The van der Waals surface area contributed by atoms with Gasteiger partial charge in [-0.05, 0) is 50.7 Å². The van der Waals surface area contributed by atoms with Crippen molar-refractivity contribution in [3.05, 3.63) is 34.9 Å². The van der Waals surface area contributed by atoms with Gasteiger partial charge in [-0.25, -0.2) is 4.79 Å². The number of carbonyl (C=O) groups is 1. The Labute approximate surface area is 106 Å². The fourth-order valence-corrected chi connectivity index (χ4v) is 2.16. The molecule has 0 unspecified atom stereocenters. The van der Waals surface area contributed by atoms with Gasteiger partial charge in [0.15, 0.2) is 0 Å². The molecule has 0 saturated carbocycles. The molecule has 1 fully saturated rings. The smallest absolute Gasteiger partial charge is 0.338 e. The van der Waals surface area contributed by atoms with E-state index < -0.39 is 0 Å². The van der Waals surface area contributed by atoms with Crippen LogP contribution in [-0.2, 0) is 4.74 Å². The minimum absolute atomic E-state index is 0.276. The van der Waals surface area contributed by atoms with E-state index in [1.54, 1.807) is 24.3 Å². The summed E-state index contributed by atoms with van der Waals surface area (Å²) in [6, 6.07) is 7.12. The molecule has 1 saturated heterocycles. The van der Waals surface area contributed by atoms with E-state index in [-0.39, 0.29) is 5.97 Å². The second-order valence-corrected chi connectivity index (χ2v) is 4.82. The number of halogens is 1. The molecule has 17 heavy (non-hydrogen) atoms. The highest BCUT2D eigenvalue weighted by atomic mass is 35.5. The largest absolute Gasteiger partial charge is 0.460 e. The summed E-state index contributed by atoms with van der Waals surface area (Å²) < 4.78 is 5.30. The van der Waals surface area contributed by atoms with E-state index in [1.165, 1.54) is 6.42 Å². The third-order valence-electron chi connectivity index (χ3n) is 3.16. The molecule has 3 nitrogen and oxygen atoms in total. The van der Waals surface area contributed by atoms with Crippen LogP contribution in [0, 0.1) is 0 Å². The molecule has 1 aromatic carbocycles. The van der Waals surface area contributed by atoms with Gasteiger partial charge in [-0.2, -0.15) is 0 Å². The molecular weight excluding hydrogens is 238 g/mol. The van der Waals surface area contributed by atoms with Crippen LogP contribution in [-0.4, -0.2) is 37.1 Å². The first kappa shape index (κ1) is 12.4. The van der Waals surface area contributed by atoms with Crippen LogP contribution in [0.25, 0.3) is 0 Å². The second-order valence-electron chi connectivity index (χ2n) is 4.38. The Kier molecular flexibility index (Phi) is 4.02. The molecule has 0 aliphatic carbocycles. The third-order valence-corrected chi connectivity index (χ3v) is 3.41. The molecule has 1 atom stereocenters. The van der Waals surface area contributed by atoms with Crippen molar-refractivity contribution in [1.29, 1.82) is 0 Å². The van der Waals surface area contributed by atoms with Gasteiger partial charge in [0.1, 0.15) is 6.61 Å². The third kappa shape index (κ3) is 3.20. The SMILES string of the molecule is CN1CCC[C@H]1COC(=O)c1ccc(Cl)cc1. The zero-order valence-corrected chi connectivity index (χ0v) is 10.6. The molecule has 4 heteroatoms. The summed E-state index contributed by atoms with van der Waals surface area (Å²) in [4.78, 5) is 14.0. The van der Waals surface area contributed by atoms with Crippen LogP contribution in [0.4, 0.5) is 0 Å². The minimum atomic E-state index is -0.276. The maximum Gasteiger partial charge on any atom is 0.338 e. The van der Waals surface area contributed by atoms with Crippen molar-refractivity contribution in [3.63, 3.8) is 0 Å². The lowest BCUT2D eigenvalue weighted by molar-refractivity contribution is 0.0416. The minimum Gasteiger partial charge on any atom is -0.460 e. The summed E-state index contributed by atoms with van der Waals surface area (Å²) in [5, 5.41) is 0.622. The van der Waals surface area contributed by atoms with E-state index in [9.17, 15) is 4.79 Å². The number of likely N-dealkylation sites (tertiary alicyclic amines) is 1. The molecule has 92 valence electrons. The number of ether oxygens (including phenoxy) is 1. The Bertz CT molecular complexity index is 391. The predicted molar refractivity (Wildman–Crippen MR) is 67.4 cm³/mol. The van der Waals surface area contributed by atoms with E-state index >= 15 is 0 Å². The van der Waals surface area contributed by atoms with Gasteiger partial charge in [-0.15, -0.1) is 0 Å². The van der Waals surface area contributed by atoms with E-state index in [0.29, 0.717) is 23.2 Å². The summed E-state index contributed by atoms with van der Waals surface area (Å²) in [5.74, 6) is -0.276. The summed E-state index contributed by atoms with van der Waals surface area (Å²) in [6.07, 6.45) is 2.28. The number of benzene rings is 1. The van der Waals surface area contributed by atoms with E-state index in [4.69, 9.17) is 16.3 Å². The standard InChI is InChI=1S/C13H16ClNO2/c1-15-8-2-3-12(15)9-17-13(16)10-4-6-11(14)7-5-10/h4-7,12H,2-3,8-9H2,1H3/t12-/m0/s1. The first-order chi connectivity index (χ1) is 8.16. The lowest BCUT2D eigenvalue weighted by Gasteiger charge is -2.18. The molecular formula is C13H16ClNO2. The zero-order chi connectivity index (χ0) is 12.3. The molecule has 0 spiro atoms. The van der Waals surface area contributed by atoms with Crippen molar-refractivity contribution in [2.75, 3.05) is 20.2 Å². The Morgan fingerprint density at radius 3 is 2.76 bits per heavy atom. The maximum absolute atomic E-state index is 11.7. The number of esters is 1. The van der Waals surface area contributed by atoms with Crippen LogP contribution in [0.3, 0.4) is 0 Å². The van der Waals surface area contributed by atoms with Crippen molar-refractivity contribution in [1.82, 2.24) is 4.90 Å². The average Bonchev–Trinajstić information content (AvgIpc) is 2.73. The van der Waals surface area contributed by atoms with Gasteiger partial charge < -0.3 is 9.64 Å². The number of rotatable bonds is 3. The molecule has 0 amide bonds.